The van der Waals surface area contributed by atoms with Gasteiger partial charge in [-0.25, -0.2) is 0 Å². The van der Waals surface area contributed by atoms with Gasteiger partial charge >= 0.3 is 0 Å². The first kappa shape index (κ1) is 13.2. The Balaban J connectivity index is 1.84. The highest BCUT2D eigenvalue weighted by Gasteiger charge is 2.15. The van der Waals surface area contributed by atoms with E-state index in [4.69, 9.17) is 23.8 Å². The van der Waals surface area contributed by atoms with Crippen LogP contribution in [0.25, 0.3) is 11.0 Å². The van der Waals surface area contributed by atoms with Crippen molar-refractivity contribution in [1.29, 1.82) is 0 Å². The zero-order valence-electron chi connectivity index (χ0n) is 11.0. The molecule has 0 bridgehead atoms. The zero-order valence-corrected chi connectivity index (χ0v) is 12.6. The third kappa shape index (κ3) is 2.72. The molecule has 1 aromatic heterocycles. The van der Waals surface area contributed by atoms with E-state index in [9.17, 15) is 0 Å². The van der Waals surface area contributed by atoms with E-state index in [2.05, 4.69) is 9.55 Å². The van der Waals surface area contributed by atoms with Gasteiger partial charge in [0.25, 0.3) is 0 Å². The van der Waals surface area contributed by atoms with E-state index in [0.29, 0.717) is 0 Å². The molecule has 1 N–H and O–H groups in total. The number of para-hydroxylation sites is 1. The number of rotatable bonds is 3. The van der Waals surface area contributed by atoms with E-state index in [1.54, 1.807) is 0 Å². The Morgan fingerprint density at radius 1 is 1.26 bits per heavy atom. The molecule has 0 atom stereocenters. The van der Waals surface area contributed by atoms with E-state index in [1.807, 2.05) is 18.2 Å². The molecule has 1 heterocycles. The van der Waals surface area contributed by atoms with Gasteiger partial charge in [0.1, 0.15) is 0 Å². The van der Waals surface area contributed by atoms with Gasteiger partial charge < -0.3 is 9.55 Å². The van der Waals surface area contributed by atoms with Crippen molar-refractivity contribution in [3.05, 3.63) is 28.0 Å². The summed E-state index contributed by atoms with van der Waals surface area (Å²) >= 11 is 11.7. The number of aromatic amines is 1. The third-order valence-electron chi connectivity index (χ3n) is 4.23. The van der Waals surface area contributed by atoms with Gasteiger partial charge in [0, 0.05) is 6.54 Å². The lowest BCUT2D eigenvalue weighted by Gasteiger charge is -2.21. The van der Waals surface area contributed by atoms with Gasteiger partial charge in [0.15, 0.2) is 4.77 Å². The summed E-state index contributed by atoms with van der Waals surface area (Å²) in [5.74, 6) is 0.864. The number of benzene rings is 1. The van der Waals surface area contributed by atoms with Gasteiger partial charge in [-0.05, 0) is 36.7 Å². The minimum atomic E-state index is 0.786. The van der Waals surface area contributed by atoms with E-state index >= 15 is 0 Å². The van der Waals surface area contributed by atoms with E-state index in [1.165, 1.54) is 38.5 Å². The second kappa shape index (κ2) is 5.68. The number of imidazole rings is 1. The average Bonchev–Trinajstić information content (AvgIpc) is 2.75. The zero-order chi connectivity index (χ0) is 13.2. The topological polar surface area (TPSA) is 20.7 Å². The smallest absolute Gasteiger partial charge is 0.178 e. The van der Waals surface area contributed by atoms with Crippen molar-refractivity contribution in [1.82, 2.24) is 9.55 Å². The Morgan fingerprint density at radius 3 is 2.84 bits per heavy atom. The molecular weight excluding hydrogens is 276 g/mol. The number of H-pyrrole nitrogens is 1. The second-order valence-electron chi connectivity index (χ2n) is 5.51. The van der Waals surface area contributed by atoms with Crippen molar-refractivity contribution >= 4 is 34.9 Å². The Labute approximate surface area is 123 Å². The fourth-order valence-corrected chi connectivity index (χ4v) is 3.74. The minimum Gasteiger partial charge on any atom is -0.331 e. The number of aryl methyl sites for hydroxylation is 1. The minimum absolute atomic E-state index is 0.786. The molecule has 19 heavy (non-hydrogen) atoms. The van der Waals surface area contributed by atoms with Crippen molar-refractivity contribution in [2.24, 2.45) is 5.92 Å². The maximum absolute atomic E-state index is 6.31. The molecule has 1 aliphatic rings. The predicted molar refractivity (Wildman–Crippen MR) is 83.3 cm³/mol. The maximum atomic E-state index is 6.31. The highest BCUT2D eigenvalue weighted by molar-refractivity contribution is 7.71. The Kier molecular flexibility index (Phi) is 3.94. The number of fused-ring (bicyclic) bond motifs is 1. The Hall–Kier alpha value is -0.800. The second-order valence-corrected chi connectivity index (χ2v) is 6.30. The summed E-state index contributed by atoms with van der Waals surface area (Å²) in [6.45, 7) is 0.979. The van der Waals surface area contributed by atoms with Crippen molar-refractivity contribution in [3.8, 4) is 0 Å². The summed E-state index contributed by atoms with van der Waals surface area (Å²) in [5, 5.41) is 0.786. The molecule has 4 heteroatoms. The molecule has 2 nitrogen and oxygen atoms in total. The lowest BCUT2D eigenvalue weighted by Crippen LogP contribution is -2.10. The number of halogens is 1. The lowest BCUT2D eigenvalue weighted by atomic mass is 9.87. The number of aromatic nitrogens is 2. The fraction of sp³-hybridized carbons (Fsp3) is 0.533. The van der Waals surface area contributed by atoms with Crippen molar-refractivity contribution in [2.75, 3.05) is 0 Å². The predicted octanol–water partition coefficient (Wildman–Crippen LogP) is 5.32. The quantitative estimate of drug-likeness (QED) is 0.760. The molecule has 0 saturated heterocycles. The van der Waals surface area contributed by atoms with Crippen LogP contribution < -0.4 is 0 Å². The molecule has 2 aromatic rings. The number of nitrogens with one attached hydrogen (secondary N) is 1. The summed E-state index contributed by atoms with van der Waals surface area (Å²) in [5.41, 5.74) is 2.10. The van der Waals surface area contributed by atoms with Crippen LogP contribution in [-0.4, -0.2) is 9.55 Å². The number of hydrogen-bond donors (Lipinski definition) is 1. The summed E-state index contributed by atoms with van der Waals surface area (Å²) in [6.07, 6.45) is 8.17. The standard InChI is InChI=1S/C15H19ClN2S/c16-12-7-4-8-13-14(12)18(15(19)17-13)10-9-11-5-2-1-3-6-11/h4,7-8,11H,1-3,5-6,9-10H2,(H,17,19). The van der Waals surface area contributed by atoms with Crippen LogP contribution in [0.3, 0.4) is 0 Å². The lowest BCUT2D eigenvalue weighted by molar-refractivity contribution is 0.325. The van der Waals surface area contributed by atoms with Crippen molar-refractivity contribution in [2.45, 2.75) is 45.1 Å². The molecule has 1 aromatic carbocycles. The SMILES string of the molecule is S=c1[nH]c2cccc(Cl)c2n1CCC1CCCCC1. The van der Waals surface area contributed by atoms with Crippen LogP contribution in [0.4, 0.5) is 0 Å². The first-order valence-electron chi connectivity index (χ1n) is 7.13. The van der Waals surface area contributed by atoms with E-state index < -0.39 is 0 Å². The highest BCUT2D eigenvalue weighted by Crippen LogP contribution is 2.28. The first-order valence-corrected chi connectivity index (χ1v) is 7.91. The van der Waals surface area contributed by atoms with Crippen LogP contribution in [0.1, 0.15) is 38.5 Å². The number of hydrogen-bond acceptors (Lipinski definition) is 1. The molecule has 102 valence electrons. The van der Waals surface area contributed by atoms with Crippen LogP contribution in [0.2, 0.25) is 5.02 Å². The van der Waals surface area contributed by atoms with Gasteiger partial charge in [-0.1, -0.05) is 49.8 Å². The fourth-order valence-electron chi connectivity index (χ4n) is 3.18. The monoisotopic (exact) mass is 294 g/mol. The van der Waals surface area contributed by atoms with Gasteiger partial charge in [-0.3, -0.25) is 0 Å². The van der Waals surface area contributed by atoms with Gasteiger partial charge in [-0.15, -0.1) is 0 Å². The molecule has 1 fully saturated rings. The van der Waals surface area contributed by atoms with Gasteiger partial charge in [0.2, 0.25) is 0 Å². The van der Waals surface area contributed by atoms with Gasteiger partial charge in [-0.2, -0.15) is 0 Å². The van der Waals surface area contributed by atoms with Crippen LogP contribution in [0, 0.1) is 10.7 Å². The molecule has 0 spiro atoms. The Morgan fingerprint density at radius 2 is 2.05 bits per heavy atom. The summed E-state index contributed by atoms with van der Waals surface area (Å²) in [6, 6.07) is 5.93. The third-order valence-corrected chi connectivity index (χ3v) is 4.86. The maximum Gasteiger partial charge on any atom is 0.178 e. The van der Waals surface area contributed by atoms with Crippen LogP contribution in [0.5, 0.6) is 0 Å². The number of nitrogens with zero attached hydrogens (tertiary/aromatic N) is 1. The molecular formula is C15H19ClN2S. The summed E-state index contributed by atoms with van der Waals surface area (Å²) in [7, 11) is 0. The summed E-state index contributed by atoms with van der Waals surface area (Å²) < 4.78 is 2.96. The highest BCUT2D eigenvalue weighted by atomic mass is 35.5. The van der Waals surface area contributed by atoms with Crippen molar-refractivity contribution in [3.63, 3.8) is 0 Å². The van der Waals surface area contributed by atoms with E-state index in [-0.39, 0.29) is 0 Å². The molecule has 0 aliphatic heterocycles. The largest absolute Gasteiger partial charge is 0.331 e. The van der Waals surface area contributed by atoms with Gasteiger partial charge in [0.05, 0.1) is 16.1 Å². The van der Waals surface area contributed by atoms with Crippen LogP contribution >= 0.6 is 23.8 Å². The van der Waals surface area contributed by atoms with Crippen LogP contribution in [0.15, 0.2) is 18.2 Å². The normalized spacial score (nSPS) is 17.1. The average molecular weight is 295 g/mol. The molecule has 1 aliphatic carbocycles. The molecule has 1 saturated carbocycles. The van der Waals surface area contributed by atoms with E-state index in [0.717, 1.165) is 33.3 Å². The first-order chi connectivity index (χ1) is 9.25. The molecule has 0 radical (unpaired) electrons. The summed E-state index contributed by atoms with van der Waals surface area (Å²) in [4.78, 5) is 3.25. The van der Waals surface area contributed by atoms with Crippen LogP contribution in [-0.2, 0) is 6.54 Å². The molecule has 3 rings (SSSR count). The Bertz CT molecular complexity index is 623. The van der Waals surface area contributed by atoms with Crippen molar-refractivity contribution < 1.29 is 0 Å². The molecule has 0 unspecified atom stereocenters. The molecule has 0 amide bonds.